The van der Waals surface area contributed by atoms with Gasteiger partial charge < -0.3 is 5.32 Å². The maximum atomic E-state index is 13.0. The van der Waals surface area contributed by atoms with Crippen molar-refractivity contribution in [3.8, 4) is 0 Å². The Hall–Kier alpha value is -1.17. The molecule has 0 atom stereocenters. The second-order valence-electron chi connectivity index (χ2n) is 3.16. The molecule has 0 unspecified atom stereocenters. The molecule has 0 bridgehead atoms. The van der Waals surface area contributed by atoms with Crippen molar-refractivity contribution >= 4 is 15.5 Å². The van der Waals surface area contributed by atoms with Crippen LogP contribution in [0.15, 0.2) is 18.2 Å². The lowest BCUT2D eigenvalue weighted by atomic mass is 10.3. The Labute approximate surface area is 87.0 Å². The molecular formula is C9H11F2NO2S. The summed E-state index contributed by atoms with van der Waals surface area (Å²) in [5, 5.41) is 2.52. The largest absolute Gasteiger partial charge is 0.382 e. The van der Waals surface area contributed by atoms with Crippen LogP contribution < -0.4 is 5.32 Å². The smallest absolute Gasteiger partial charge is 0.181 e. The van der Waals surface area contributed by atoms with Gasteiger partial charge in [-0.2, -0.15) is 0 Å². The first-order valence-electron chi connectivity index (χ1n) is 4.26. The highest BCUT2D eigenvalue weighted by atomic mass is 32.2. The van der Waals surface area contributed by atoms with Gasteiger partial charge in [-0.1, -0.05) is 6.07 Å². The monoisotopic (exact) mass is 235 g/mol. The van der Waals surface area contributed by atoms with Crippen LogP contribution in [-0.4, -0.2) is 27.0 Å². The van der Waals surface area contributed by atoms with Gasteiger partial charge >= 0.3 is 0 Å². The summed E-state index contributed by atoms with van der Waals surface area (Å²) in [6, 6.07) is 3.69. The Kier molecular flexibility index (Phi) is 3.62. The zero-order chi connectivity index (χ0) is 11.5. The van der Waals surface area contributed by atoms with E-state index in [1.807, 2.05) is 0 Å². The van der Waals surface area contributed by atoms with E-state index in [1.165, 1.54) is 12.1 Å². The molecule has 0 aliphatic heterocycles. The average Bonchev–Trinajstić information content (AvgIpc) is 2.10. The lowest BCUT2D eigenvalue weighted by Crippen LogP contribution is -2.15. The fraction of sp³-hybridized carbons (Fsp3) is 0.333. The van der Waals surface area contributed by atoms with E-state index < -0.39 is 21.5 Å². The number of hydrogen-bond donors (Lipinski definition) is 1. The molecule has 0 heterocycles. The number of sulfone groups is 1. The summed E-state index contributed by atoms with van der Waals surface area (Å²) < 4.78 is 47.3. The molecule has 6 heteroatoms. The van der Waals surface area contributed by atoms with Crippen molar-refractivity contribution in [3.05, 3.63) is 29.8 Å². The normalized spacial score (nSPS) is 11.4. The molecule has 1 aromatic carbocycles. The van der Waals surface area contributed by atoms with Crippen LogP contribution in [0.2, 0.25) is 0 Å². The van der Waals surface area contributed by atoms with Crippen molar-refractivity contribution in [2.75, 3.05) is 23.9 Å². The summed E-state index contributed by atoms with van der Waals surface area (Å²) in [4.78, 5) is 0. The van der Waals surface area contributed by atoms with E-state index in [0.29, 0.717) is 0 Å². The first-order chi connectivity index (χ1) is 6.90. The van der Waals surface area contributed by atoms with Crippen molar-refractivity contribution in [3.63, 3.8) is 0 Å². The molecule has 84 valence electrons. The minimum Gasteiger partial charge on any atom is -0.382 e. The fourth-order valence-electron chi connectivity index (χ4n) is 1.01. The van der Waals surface area contributed by atoms with E-state index in [9.17, 15) is 17.2 Å². The number of nitrogens with one attached hydrogen (secondary N) is 1. The van der Waals surface area contributed by atoms with Gasteiger partial charge in [0, 0.05) is 12.8 Å². The van der Waals surface area contributed by atoms with Crippen molar-refractivity contribution in [2.45, 2.75) is 0 Å². The SMILES string of the molecule is CS(=O)(=O)CCNc1cccc(F)c1F. The fourth-order valence-corrected chi connectivity index (χ4v) is 1.48. The third-order valence-corrected chi connectivity index (χ3v) is 2.69. The van der Waals surface area contributed by atoms with E-state index in [1.54, 1.807) is 0 Å². The molecular weight excluding hydrogens is 224 g/mol. The maximum Gasteiger partial charge on any atom is 0.181 e. The second-order valence-corrected chi connectivity index (χ2v) is 5.42. The van der Waals surface area contributed by atoms with E-state index in [-0.39, 0.29) is 18.0 Å². The molecule has 0 radical (unpaired) electrons. The number of halogens is 2. The topological polar surface area (TPSA) is 46.2 Å². The molecule has 15 heavy (non-hydrogen) atoms. The summed E-state index contributed by atoms with van der Waals surface area (Å²) in [6.07, 6.45) is 1.08. The van der Waals surface area contributed by atoms with Crippen molar-refractivity contribution < 1.29 is 17.2 Å². The van der Waals surface area contributed by atoms with Gasteiger partial charge in [-0.15, -0.1) is 0 Å². The van der Waals surface area contributed by atoms with Gasteiger partial charge in [-0.05, 0) is 12.1 Å². The van der Waals surface area contributed by atoms with E-state index >= 15 is 0 Å². The van der Waals surface area contributed by atoms with Gasteiger partial charge in [0.05, 0.1) is 11.4 Å². The first kappa shape index (κ1) is 11.9. The minimum absolute atomic E-state index is 0.0290. The van der Waals surface area contributed by atoms with Gasteiger partial charge in [-0.25, -0.2) is 17.2 Å². The van der Waals surface area contributed by atoms with Gasteiger partial charge in [0.15, 0.2) is 11.6 Å². The van der Waals surface area contributed by atoms with Crippen LogP contribution in [-0.2, 0) is 9.84 Å². The average molecular weight is 235 g/mol. The third kappa shape index (κ3) is 3.83. The summed E-state index contributed by atoms with van der Waals surface area (Å²) in [5.41, 5.74) is -0.0290. The predicted molar refractivity (Wildman–Crippen MR) is 54.6 cm³/mol. The highest BCUT2D eigenvalue weighted by Crippen LogP contribution is 2.15. The highest BCUT2D eigenvalue weighted by molar-refractivity contribution is 7.90. The third-order valence-electron chi connectivity index (χ3n) is 1.74. The van der Waals surface area contributed by atoms with Gasteiger partial charge in [-0.3, -0.25) is 0 Å². The molecule has 3 nitrogen and oxygen atoms in total. The Morgan fingerprint density at radius 1 is 1.33 bits per heavy atom. The quantitative estimate of drug-likeness (QED) is 0.858. The van der Waals surface area contributed by atoms with Crippen LogP contribution >= 0.6 is 0 Å². The molecule has 0 aliphatic rings. The molecule has 0 saturated carbocycles. The van der Waals surface area contributed by atoms with E-state index in [2.05, 4.69) is 5.32 Å². The van der Waals surface area contributed by atoms with Crippen LogP contribution in [0, 0.1) is 11.6 Å². The zero-order valence-electron chi connectivity index (χ0n) is 8.13. The minimum atomic E-state index is -3.10. The number of rotatable bonds is 4. The molecule has 1 N–H and O–H groups in total. The van der Waals surface area contributed by atoms with Crippen LogP contribution in [0.4, 0.5) is 14.5 Å². The van der Waals surface area contributed by atoms with Crippen LogP contribution in [0.1, 0.15) is 0 Å². The lowest BCUT2D eigenvalue weighted by Gasteiger charge is -2.06. The van der Waals surface area contributed by atoms with Gasteiger partial charge in [0.2, 0.25) is 0 Å². The molecule has 1 aromatic rings. The van der Waals surface area contributed by atoms with Crippen LogP contribution in [0.3, 0.4) is 0 Å². The van der Waals surface area contributed by atoms with Crippen molar-refractivity contribution in [1.29, 1.82) is 0 Å². The zero-order valence-corrected chi connectivity index (χ0v) is 8.94. The molecule has 0 spiro atoms. The molecule has 0 saturated heterocycles. The van der Waals surface area contributed by atoms with E-state index in [4.69, 9.17) is 0 Å². The van der Waals surface area contributed by atoms with Gasteiger partial charge in [0.25, 0.3) is 0 Å². The molecule has 0 aromatic heterocycles. The number of anilines is 1. The Balaban J connectivity index is 2.62. The highest BCUT2D eigenvalue weighted by Gasteiger charge is 2.07. The first-order valence-corrected chi connectivity index (χ1v) is 6.32. The summed E-state index contributed by atoms with van der Waals surface area (Å²) in [5.74, 6) is -2.08. The summed E-state index contributed by atoms with van der Waals surface area (Å²) in [6.45, 7) is 0.0548. The van der Waals surface area contributed by atoms with Crippen molar-refractivity contribution in [2.24, 2.45) is 0 Å². The number of benzene rings is 1. The Morgan fingerprint density at radius 2 is 2.00 bits per heavy atom. The summed E-state index contributed by atoms with van der Waals surface area (Å²) >= 11 is 0. The van der Waals surface area contributed by atoms with Crippen molar-refractivity contribution in [1.82, 2.24) is 0 Å². The second kappa shape index (κ2) is 4.57. The standard InChI is InChI=1S/C9H11F2NO2S/c1-15(13,14)6-5-12-8-4-2-3-7(10)9(8)11/h2-4,12H,5-6H2,1H3. The van der Waals surface area contributed by atoms with Gasteiger partial charge in [0.1, 0.15) is 9.84 Å². The Morgan fingerprint density at radius 3 is 2.60 bits per heavy atom. The summed E-state index contributed by atoms with van der Waals surface area (Å²) in [7, 11) is -3.10. The van der Waals surface area contributed by atoms with Crippen LogP contribution in [0.25, 0.3) is 0 Å². The molecule has 0 fully saturated rings. The van der Waals surface area contributed by atoms with Crippen LogP contribution in [0.5, 0.6) is 0 Å². The lowest BCUT2D eigenvalue weighted by molar-refractivity contribution is 0.511. The number of hydrogen-bond acceptors (Lipinski definition) is 3. The molecule has 0 amide bonds. The molecule has 1 rings (SSSR count). The molecule has 0 aliphatic carbocycles. The maximum absolute atomic E-state index is 13.0. The van der Waals surface area contributed by atoms with E-state index in [0.717, 1.165) is 12.3 Å². The predicted octanol–water partition coefficient (Wildman–Crippen LogP) is 1.42. The Bertz CT molecular complexity index is 445.